The summed E-state index contributed by atoms with van der Waals surface area (Å²) in [6, 6.07) is 7.44. The first-order valence-corrected chi connectivity index (χ1v) is 11.6. The maximum absolute atomic E-state index is 13.5. The van der Waals surface area contributed by atoms with E-state index in [4.69, 9.17) is 11.6 Å². The fraction of sp³-hybridized carbons (Fsp3) is 0.217. The third-order valence-electron chi connectivity index (χ3n) is 5.50. The fourth-order valence-electron chi connectivity index (χ4n) is 3.63. The molecule has 13 heteroatoms. The van der Waals surface area contributed by atoms with Gasteiger partial charge in [0.15, 0.2) is 11.2 Å². The number of carbonyl (C=O) groups excluding carboxylic acids is 1. The third kappa shape index (κ3) is 5.25. The topological polar surface area (TPSA) is 108 Å². The molecule has 36 heavy (non-hydrogen) atoms. The van der Waals surface area contributed by atoms with Crippen molar-refractivity contribution in [3.63, 3.8) is 0 Å². The van der Waals surface area contributed by atoms with Gasteiger partial charge in [0.2, 0.25) is 0 Å². The van der Waals surface area contributed by atoms with Gasteiger partial charge in [-0.2, -0.15) is 23.3 Å². The van der Waals surface area contributed by atoms with Crippen LogP contribution in [0.1, 0.15) is 16.7 Å². The van der Waals surface area contributed by atoms with Gasteiger partial charge in [0.1, 0.15) is 0 Å². The Morgan fingerprint density at radius 2 is 2.03 bits per heavy atom. The second kappa shape index (κ2) is 9.96. The number of nitrogens with zero attached hydrogens (tertiary/aromatic N) is 4. The lowest BCUT2D eigenvalue weighted by atomic mass is 10.1. The van der Waals surface area contributed by atoms with E-state index in [0.717, 1.165) is 17.8 Å². The predicted octanol–water partition coefficient (Wildman–Crippen LogP) is 4.10. The number of benzene rings is 2. The average Bonchev–Trinajstić information content (AvgIpc) is 3.37. The van der Waals surface area contributed by atoms with Crippen molar-refractivity contribution < 1.29 is 33.0 Å². The molecule has 1 aromatic heterocycles. The molecule has 188 valence electrons. The smallest absolute Gasteiger partial charge is 0.416 e. The molecular weight excluding hydrogens is 521 g/mol. The number of aliphatic carboxylic acids is 1. The number of amides is 1. The Balaban J connectivity index is 1.57. The third-order valence-corrected chi connectivity index (χ3v) is 6.81. The van der Waals surface area contributed by atoms with Crippen LogP contribution in [0.15, 0.2) is 52.5 Å². The van der Waals surface area contributed by atoms with E-state index in [1.54, 1.807) is 24.3 Å². The summed E-state index contributed by atoms with van der Waals surface area (Å²) >= 11 is 6.73. The Bertz CT molecular complexity index is 1420. The number of amidine groups is 1. The number of halogens is 4. The molecule has 3 aromatic rings. The van der Waals surface area contributed by atoms with Gasteiger partial charge in [0, 0.05) is 17.5 Å². The van der Waals surface area contributed by atoms with Crippen LogP contribution in [-0.2, 0) is 22.3 Å². The Hall–Kier alpha value is -3.35. The van der Waals surface area contributed by atoms with E-state index in [0.29, 0.717) is 16.5 Å². The standard InChI is InChI=1S/C23H18ClF3N4O4S/c1-30(18(11-32)21(34)35)22-29-20(33)19(36-22)7-12-2-5-17-14(6-12)9-28-31(17)10-13-3-4-15(24)8-16(13)23(25,26)27/h2-9,18,32H,10-11H2,1H3,(H,34,35)/b19-7+/t18-/m0/s1. The number of fused-ring (bicyclic) bond motifs is 1. The summed E-state index contributed by atoms with van der Waals surface area (Å²) in [5.41, 5.74) is 0.405. The van der Waals surface area contributed by atoms with Gasteiger partial charge in [0.25, 0.3) is 5.91 Å². The summed E-state index contributed by atoms with van der Waals surface area (Å²) in [6.07, 6.45) is -1.48. The maximum Gasteiger partial charge on any atom is 0.416 e. The molecule has 1 atom stereocenters. The van der Waals surface area contributed by atoms with Crippen molar-refractivity contribution in [2.45, 2.75) is 18.8 Å². The number of aliphatic hydroxyl groups excluding tert-OH is 1. The largest absolute Gasteiger partial charge is 0.480 e. The van der Waals surface area contributed by atoms with E-state index in [1.165, 1.54) is 35.0 Å². The first-order valence-electron chi connectivity index (χ1n) is 10.4. The molecule has 0 saturated carbocycles. The highest BCUT2D eigenvalue weighted by molar-refractivity contribution is 8.18. The van der Waals surface area contributed by atoms with Gasteiger partial charge < -0.3 is 15.1 Å². The van der Waals surface area contributed by atoms with Crippen LogP contribution < -0.4 is 0 Å². The van der Waals surface area contributed by atoms with Crippen LogP contribution in [0.2, 0.25) is 5.02 Å². The summed E-state index contributed by atoms with van der Waals surface area (Å²) in [7, 11) is 1.42. The van der Waals surface area contributed by atoms with Crippen LogP contribution in [-0.4, -0.2) is 61.6 Å². The normalized spacial score (nSPS) is 16.0. The van der Waals surface area contributed by atoms with Crippen LogP contribution >= 0.6 is 23.4 Å². The van der Waals surface area contributed by atoms with E-state index in [9.17, 15) is 33.0 Å². The van der Waals surface area contributed by atoms with Crippen LogP contribution in [0.25, 0.3) is 17.0 Å². The minimum atomic E-state index is -4.56. The molecule has 2 N–H and O–H groups in total. The van der Waals surface area contributed by atoms with Crippen molar-refractivity contribution in [3.8, 4) is 0 Å². The number of hydrogen-bond donors (Lipinski definition) is 2. The summed E-state index contributed by atoms with van der Waals surface area (Å²) in [5.74, 6) is -1.81. The number of thioether (sulfide) groups is 1. The molecular formula is C23H18ClF3N4O4S. The molecule has 0 spiro atoms. The quantitative estimate of drug-likeness (QED) is 0.455. The maximum atomic E-state index is 13.5. The molecule has 0 saturated heterocycles. The summed E-state index contributed by atoms with van der Waals surface area (Å²) in [5, 5.41) is 23.5. The van der Waals surface area contributed by atoms with Gasteiger partial charge >= 0.3 is 12.1 Å². The Kier molecular flexibility index (Phi) is 7.12. The first kappa shape index (κ1) is 25.7. The van der Waals surface area contributed by atoms with Gasteiger partial charge in [0.05, 0.1) is 35.3 Å². The number of carbonyl (C=O) groups is 2. The Morgan fingerprint density at radius 3 is 2.69 bits per heavy atom. The van der Waals surface area contributed by atoms with E-state index < -0.39 is 36.3 Å². The molecule has 0 unspecified atom stereocenters. The lowest BCUT2D eigenvalue weighted by molar-refractivity contribution is -0.142. The lowest BCUT2D eigenvalue weighted by Crippen LogP contribution is -2.43. The second-order valence-electron chi connectivity index (χ2n) is 7.88. The molecule has 4 rings (SSSR count). The number of aliphatic imine (C=N–C) groups is 1. The minimum Gasteiger partial charge on any atom is -0.480 e. The van der Waals surface area contributed by atoms with Gasteiger partial charge in [-0.15, -0.1) is 0 Å². The molecule has 0 bridgehead atoms. The Morgan fingerprint density at radius 1 is 1.28 bits per heavy atom. The fourth-order valence-corrected chi connectivity index (χ4v) is 4.73. The van der Waals surface area contributed by atoms with Crippen molar-refractivity contribution >= 4 is 57.4 Å². The van der Waals surface area contributed by atoms with Gasteiger partial charge in [-0.3, -0.25) is 9.48 Å². The van der Waals surface area contributed by atoms with Crippen LogP contribution in [0.3, 0.4) is 0 Å². The van der Waals surface area contributed by atoms with Crippen LogP contribution in [0.4, 0.5) is 13.2 Å². The SMILES string of the molecule is CN(C1=NC(=O)/C(=C\c2ccc3c(cnn3Cc3ccc(Cl)cc3C(F)(F)F)c2)S1)[C@@H](CO)C(=O)O. The molecule has 0 radical (unpaired) electrons. The molecule has 8 nitrogen and oxygen atoms in total. The number of carboxylic acids is 1. The molecule has 1 aliphatic heterocycles. The number of rotatable bonds is 6. The molecule has 2 aromatic carbocycles. The van der Waals surface area contributed by atoms with Crippen molar-refractivity contribution in [1.29, 1.82) is 0 Å². The zero-order valence-electron chi connectivity index (χ0n) is 18.5. The van der Waals surface area contributed by atoms with E-state index in [2.05, 4.69) is 10.1 Å². The number of hydrogen-bond acceptors (Lipinski definition) is 6. The molecule has 1 amide bonds. The van der Waals surface area contributed by atoms with Crippen molar-refractivity contribution in [2.24, 2.45) is 4.99 Å². The van der Waals surface area contributed by atoms with Crippen LogP contribution in [0.5, 0.6) is 0 Å². The highest BCUT2D eigenvalue weighted by Crippen LogP contribution is 2.35. The number of aromatic nitrogens is 2. The minimum absolute atomic E-state index is 0.0124. The van der Waals surface area contributed by atoms with E-state index in [1.807, 2.05) is 0 Å². The van der Waals surface area contributed by atoms with Crippen molar-refractivity contribution in [2.75, 3.05) is 13.7 Å². The van der Waals surface area contributed by atoms with Gasteiger partial charge in [-0.25, -0.2) is 4.79 Å². The predicted molar refractivity (Wildman–Crippen MR) is 130 cm³/mol. The number of aliphatic hydroxyl groups is 1. The molecule has 2 heterocycles. The zero-order valence-corrected chi connectivity index (χ0v) is 20.1. The lowest BCUT2D eigenvalue weighted by Gasteiger charge is -2.23. The molecule has 0 aliphatic carbocycles. The van der Waals surface area contributed by atoms with Crippen LogP contribution in [0, 0.1) is 0 Å². The zero-order chi connectivity index (χ0) is 26.2. The van der Waals surface area contributed by atoms with Crippen molar-refractivity contribution in [3.05, 3.63) is 69.2 Å². The summed E-state index contributed by atoms with van der Waals surface area (Å²) < 4.78 is 41.8. The number of alkyl halides is 3. The summed E-state index contributed by atoms with van der Waals surface area (Å²) in [6.45, 7) is -0.775. The Labute approximate surface area is 211 Å². The van der Waals surface area contributed by atoms with E-state index in [-0.39, 0.29) is 27.2 Å². The number of carboxylic acid groups (broad SMARTS) is 1. The summed E-state index contributed by atoms with van der Waals surface area (Å²) in [4.78, 5) is 29.0. The monoisotopic (exact) mass is 538 g/mol. The average molecular weight is 539 g/mol. The molecule has 1 aliphatic rings. The molecule has 0 fully saturated rings. The van der Waals surface area contributed by atoms with Gasteiger partial charge in [-0.05, 0) is 53.2 Å². The highest BCUT2D eigenvalue weighted by Gasteiger charge is 2.34. The second-order valence-corrected chi connectivity index (χ2v) is 9.32. The van der Waals surface area contributed by atoms with Crippen molar-refractivity contribution in [1.82, 2.24) is 14.7 Å². The highest BCUT2D eigenvalue weighted by atomic mass is 35.5. The number of likely N-dealkylation sites (N-methyl/N-ethyl adjacent to an activating group) is 1. The first-order chi connectivity index (χ1) is 17.0. The van der Waals surface area contributed by atoms with E-state index >= 15 is 0 Å². The van der Waals surface area contributed by atoms with Gasteiger partial charge in [-0.1, -0.05) is 23.7 Å².